The van der Waals surface area contributed by atoms with Gasteiger partial charge in [0.2, 0.25) is 5.91 Å². The Labute approximate surface area is 115 Å². The van der Waals surface area contributed by atoms with Crippen LogP contribution in [0.15, 0.2) is 0 Å². The van der Waals surface area contributed by atoms with E-state index in [-0.39, 0.29) is 25.0 Å². The van der Waals surface area contributed by atoms with Gasteiger partial charge in [-0.1, -0.05) is 13.8 Å². The summed E-state index contributed by atoms with van der Waals surface area (Å²) in [4.78, 5) is 26.8. The lowest BCUT2D eigenvalue weighted by Crippen LogP contribution is -2.48. The minimum absolute atomic E-state index is 0.0631. The van der Waals surface area contributed by atoms with E-state index in [2.05, 4.69) is 6.92 Å². The van der Waals surface area contributed by atoms with E-state index in [1.165, 1.54) is 6.42 Å². The second kappa shape index (κ2) is 7.48. The predicted molar refractivity (Wildman–Crippen MR) is 73.9 cm³/mol. The molecule has 1 aliphatic rings. The molecular formula is C14H26N2O3. The van der Waals surface area contributed by atoms with Gasteiger partial charge in [-0.3, -0.25) is 14.5 Å². The highest BCUT2D eigenvalue weighted by Gasteiger charge is 2.25. The number of hydrogen-bond donors (Lipinski definition) is 1. The molecule has 0 aliphatic carbocycles. The average molecular weight is 270 g/mol. The molecule has 1 rings (SSSR count). The number of aliphatic carboxylic acids is 1. The van der Waals surface area contributed by atoms with Crippen molar-refractivity contribution in [2.75, 3.05) is 26.2 Å². The fraction of sp³-hybridized carbons (Fsp3) is 0.857. The van der Waals surface area contributed by atoms with E-state index in [9.17, 15) is 9.59 Å². The zero-order valence-electron chi connectivity index (χ0n) is 12.3. The molecule has 2 atom stereocenters. The number of piperidine rings is 1. The van der Waals surface area contributed by atoms with Crippen LogP contribution in [0.2, 0.25) is 0 Å². The number of amides is 1. The summed E-state index contributed by atoms with van der Waals surface area (Å²) in [5.41, 5.74) is 0. The number of carbonyl (C=O) groups is 2. The van der Waals surface area contributed by atoms with E-state index in [0.717, 1.165) is 25.9 Å². The van der Waals surface area contributed by atoms with Crippen LogP contribution in [0.3, 0.4) is 0 Å². The Hall–Kier alpha value is -1.10. The molecule has 19 heavy (non-hydrogen) atoms. The second-order valence-electron chi connectivity index (χ2n) is 5.64. The van der Waals surface area contributed by atoms with Crippen molar-refractivity contribution < 1.29 is 14.7 Å². The quantitative estimate of drug-likeness (QED) is 0.793. The first-order valence-corrected chi connectivity index (χ1v) is 7.17. The maximum Gasteiger partial charge on any atom is 0.317 e. The van der Waals surface area contributed by atoms with Crippen LogP contribution in [0, 0.1) is 5.92 Å². The average Bonchev–Trinajstić information content (AvgIpc) is 2.36. The first-order chi connectivity index (χ1) is 8.93. The van der Waals surface area contributed by atoms with Crippen LogP contribution in [-0.4, -0.2) is 59.0 Å². The highest BCUT2D eigenvalue weighted by molar-refractivity contribution is 5.79. The fourth-order valence-electron chi connectivity index (χ4n) is 2.49. The minimum atomic E-state index is -0.875. The Morgan fingerprint density at radius 3 is 2.63 bits per heavy atom. The molecule has 2 unspecified atom stereocenters. The molecule has 0 aromatic carbocycles. The fourth-order valence-corrected chi connectivity index (χ4v) is 2.49. The third-order valence-corrected chi connectivity index (χ3v) is 3.90. The molecule has 5 heteroatoms. The highest BCUT2D eigenvalue weighted by Crippen LogP contribution is 2.16. The van der Waals surface area contributed by atoms with Crippen molar-refractivity contribution >= 4 is 11.9 Å². The largest absolute Gasteiger partial charge is 0.480 e. The van der Waals surface area contributed by atoms with Crippen LogP contribution < -0.4 is 0 Å². The summed E-state index contributed by atoms with van der Waals surface area (Å²) in [6.45, 7) is 7.90. The van der Waals surface area contributed by atoms with Gasteiger partial charge >= 0.3 is 5.97 Å². The van der Waals surface area contributed by atoms with Gasteiger partial charge < -0.3 is 10.0 Å². The molecule has 0 aromatic heterocycles. The molecular weight excluding hydrogens is 244 g/mol. The number of carbonyl (C=O) groups excluding carboxylic acids is 1. The van der Waals surface area contributed by atoms with Gasteiger partial charge in [-0.2, -0.15) is 0 Å². The highest BCUT2D eigenvalue weighted by atomic mass is 16.4. The molecule has 1 heterocycles. The molecule has 1 N–H and O–H groups in total. The summed E-state index contributed by atoms with van der Waals surface area (Å²) >= 11 is 0. The van der Waals surface area contributed by atoms with Gasteiger partial charge in [0.1, 0.15) is 0 Å². The summed E-state index contributed by atoms with van der Waals surface area (Å²) in [7, 11) is 0. The lowest BCUT2D eigenvalue weighted by Gasteiger charge is -2.34. The Kier molecular flexibility index (Phi) is 6.28. The first-order valence-electron chi connectivity index (χ1n) is 7.17. The summed E-state index contributed by atoms with van der Waals surface area (Å²) in [5.74, 6) is -0.262. The monoisotopic (exact) mass is 270 g/mol. The zero-order valence-corrected chi connectivity index (χ0v) is 12.3. The topological polar surface area (TPSA) is 60.9 Å². The van der Waals surface area contributed by atoms with Gasteiger partial charge in [-0.15, -0.1) is 0 Å². The smallest absolute Gasteiger partial charge is 0.317 e. The van der Waals surface area contributed by atoms with Crippen molar-refractivity contribution in [1.29, 1.82) is 0 Å². The lowest BCUT2D eigenvalue weighted by atomic mass is 10.0. The van der Waals surface area contributed by atoms with Crippen LogP contribution in [0.1, 0.15) is 40.0 Å². The standard InChI is InChI=1S/C14H26N2O3/c1-4-12(3)16(10-14(18)19)9-13(17)15-7-5-6-11(2)8-15/h11-12H,4-10H2,1-3H3,(H,18,19). The molecule has 0 saturated carbocycles. The number of carboxylic acids is 1. The van der Waals surface area contributed by atoms with Crippen LogP contribution in [0.25, 0.3) is 0 Å². The molecule has 0 spiro atoms. The van der Waals surface area contributed by atoms with Crippen molar-refractivity contribution in [2.24, 2.45) is 5.92 Å². The molecule has 1 amide bonds. The van der Waals surface area contributed by atoms with Crippen LogP contribution in [-0.2, 0) is 9.59 Å². The van der Waals surface area contributed by atoms with Gasteiger partial charge in [0, 0.05) is 19.1 Å². The third-order valence-electron chi connectivity index (χ3n) is 3.90. The van der Waals surface area contributed by atoms with E-state index in [1.54, 1.807) is 4.90 Å². The van der Waals surface area contributed by atoms with Crippen molar-refractivity contribution in [3.8, 4) is 0 Å². The molecule has 110 valence electrons. The van der Waals surface area contributed by atoms with Crippen LogP contribution in [0.4, 0.5) is 0 Å². The Bertz CT molecular complexity index is 320. The summed E-state index contributed by atoms with van der Waals surface area (Å²) in [5, 5.41) is 8.93. The van der Waals surface area contributed by atoms with Crippen LogP contribution >= 0.6 is 0 Å². The molecule has 0 radical (unpaired) electrons. The number of hydrogen-bond acceptors (Lipinski definition) is 3. The van der Waals surface area contributed by atoms with E-state index in [0.29, 0.717) is 5.92 Å². The zero-order chi connectivity index (χ0) is 14.4. The Morgan fingerprint density at radius 2 is 2.11 bits per heavy atom. The van der Waals surface area contributed by atoms with Crippen molar-refractivity contribution in [3.05, 3.63) is 0 Å². The molecule has 1 saturated heterocycles. The lowest BCUT2D eigenvalue weighted by molar-refractivity contribution is -0.141. The van der Waals surface area contributed by atoms with Crippen molar-refractivity contribution in [2.45, 2.75) is 46.1 Å². The van der Waals surface area contributed by atoms with Gasteiger partial charge in [-0.25, -0.2) is 0 Å². The first kappa shape index (κ1) is 16.0. The van der Waals surface area contributed by atoms with Crippen molar-refractivity contribution in [3.63, 3.8) is 0 Å². The summed E-state index contributed by atoms with van der Waals surface area (Å²) < 4.78 is 0. The number of likely N-dealkylation sites (tertiary alicyclic amines) is 1. The van der Waals surface area contributed by atoms with Gasteiger partial charge in [0.25, 0.3) is 0 Å². The molecule has 5 nitrogen and oxygen atoms in total. The van der Waals surface area contributed by atoms with Gasteiger partial charge in [0.15, 0.2) is 0 Å². The molecule has 0 aromatic rings. The van der Waals surface area contributed by atoms with E-state index >= 15 is 0 Å². The Balaban J connectivity index is 2.56. The minimum Gasteiger partial charge on any atom is -0.480 e. The third kappa shape index (κ3) is 5.19. The number of rotatable bonds is 6. The van der Waals surface area contributed by atoms with E-state index < -0.39 is 5.97 Å². The summed E-state index contributed by atoms with van der Waals surface area (Å²) in [6.07, 6.45) is 3.07. The normalized spacial score (nSPS) is 21.5. The van der Waals surface area contributed by atoms with E-state index in [1.807, 2.05) is 18.7 Å². The molecule has 1 aliphatic heterocycles. The molecule has 1 fully saturated rings. The summed E-state index contributed by atoms with van der Waals surface area (Å²) in [6, 6.07) is 0.113. The predicted octanol–water partition coefficient (Wildman–Crippen LogP) is 1.43. The maximum absolute atomic E-state index is 12.2. The second-order valence-corrected chi connectivity index (χ2v) is 5.64. The SMILES string of the molecule is CCC(C)N(CC(=O)O)CC(=O)N1CCCC(C)C1. The van der Waals surface area contributed by atoms with Gasteiger partial charge in [0.05, 0.1) is 13.1 Å². The number of carboxylic acid groups (broad SMARTS) is 1. The molecule has 0 bridgehead atoms. The Morgan fingerprint density at radius 1 is 1.42 bits per heavy atom. The van der Waals surface area contributed by atoms with Crippen molar-refractivity contribution in [1.82, 2.24) is 9.80 Å². The number of nitrogens with zero attached hydrogens (tertiary/aromatic N) is 2. The maximum atomic E-state index is 12.2. The van der Waals surface area contributed by atoms with Crippen LogP contribution in [0.5, 0.6) is 0 Å². The van der Waals surface area contributed by atoms with E-state index in [4.69, 9.17) is 5.11 Å². The van der Waals surface area contributed by atoms with Gasteiger partial charge in [-0.05, 0) is 32.1 Å².